The van der Waals surface area contributed by atoms with Crippen molar-refractivity contribution in [3.8, 4) is 0 Å². The maximum absolute atomic E-state index is 11.9. The second-order valence-electron chi connectivity index (χ2n) is 4.38. The van der Waals surface area contributed by atoms with Crippen molar-refractivity contribution in [2.24, 2.45) is 5.41 Å². The van der Waals surface area contributed by atoms with Gasteiger partial charge in [0.15, 0.2) is 0 Å². The summed E-state index contributed by atoms with van der Waals surface area (Å²) in [5.41, 5.74) is 1.46. The van der Waals surface area contributed by atoms with Crippen LogP contribution in [0.4, 0.5) is 0 Å². The minimum Gasteiger partial charge on any atom is -0.299 e. The highest BCUT2D eigenvalue weighted by molar-refractivity contribution is 5.91. The zero-order chi connectivity index (χ0) is 9.31. The number of carbonyl (C=O) groups is 1. The molecule has 2 saturated carbocycles. The van der Waals surface area contributed by atoms with Crippen LogP contribution in [-0.2, 0) is 4.79 Å². The standard InChI is InChI=1S/C12H18O/c1-2-10-6-7-11(13)12(10)8-4-3-5-9-12/h2H,3-9H2,1H3/b10-2-. The van der Waals surface area contributed by atoms with Crippen molar-refractivity contribution in [1.29, 1.82) is 0 Å². The molecule has 0 saturated heterocycles. The molecule has 0 aliphatic heterocycles. The minimum absolute atomic E-state index is 0.0208. The van der Waals surface area contributed by atoms with Crippen molar-refractivity contribution in [2.75, 3.05) is 0 Å². The lowest BCUT2D eigenvalue weighted by atomic mass is 9.70. The lowest BCUT2D eigenvalue weighted by Crippen LogP contribution is -2.29. The van der Waals surface area contributed by atoms with Crippen LogP contribution < -0.4 is 0 Å². The second kappa shape index (κ2) is 3.28. The fourth-order valence-electron chi connectivity index (χ4n) is 3.08. The van der Waals surface area contributed by atoms with Crippen molar-refractivity contribution in [1.82, 2.24) is 0 Å². The molecule has 1 nitrogen and oxygen atoms in total. The molecule has 0 aromatic rings. The summed E-state index contributed by atoms with van der Waals surface area (Å²) in [5, 5.41) is 0. The van der Waals surface area contributed by atoms with E-state index >= 15 is 0 Å². The first-order valence-corrected chi connectivity index (χ1v) is 5.48. The summed E-state index contributed by atoms with van der Waals surface area (Å²) in [5.74, 6) is 0.528. The van der Waals surface area contributed by atoms with Crippen LogP contribution in [0.15, 0.2) is 11.6 Å². The Morgan fingerprint density at radius 2 is 1.85 bits per heavy atom. The van der Waals surface area contributed by atoms with Crippen LogP contribution in [-0.4, -0.2) is 5.78 Å². The van der Waals surface area contributed by atoms with Gasteiger partial charge in [-0.3, -0.25) is 4.79 Å². The summed E-state index contributed by atoms with van der Waals surface area (Å²) in [6.07, 6.45) is 10.1. The van der Waals surface area contributed by atoms with Crippen LogP contribution in [0.25, 0.3) is 0 Å². The van der Waals surface area contributed by atoms with Crippen LogP contribution in [0.2, 0.25) is 0 Å². The van der Waals surface area contributed by atoms with Crippen LogP contribution in [0.3, 0.4) is 0 Å². The van der Waals surface area contributed by atoms with Crippen molar-refractivity contribution in [3.63, 3.8) is 0 Å². The van der Waals surface area contributed by atoms with Gasteiger partial charge in [-0.05, 0) is 26.2 Å². The highest BCUT2D eigenvalue weighted by Gasteiger charge is 2.45. The number of allylic oxidation sites excluding steroid dienone is 2. The molecule has 0 bridgehead atoms. The zero-order valence-electron chi connectivity index (χ0n) is 8.44. The predicted octanol–water partition coefficient (Wildman–Crippen LogP) is 3.25. The van der Waals surface area contributed by atoms with Crippen LogP contribution in [0, 0.1) is 5.41 Å². The van der Waals surface area contributed by atoms with E-state index in [0.29, 0.717) is 5.78 Å². The summed E-state index contributed by atoms with van der Waals surface area (Å²) >= 11 is 0. The van der Waals surface area contributed by atoms with Crippen LogP contribution >= 0.6 is 0 Å². The summed E-state index contributed by atoms with van der Waals surface area (Å²) in [4.78, 5) is 11.9. The van der Waals surface area contributed by atoms with Gasteiger partial charge in [-0.25, -0.2) is 0 Å². The maximum Gasteiger partial charge on any atom is 0.143 e. The van der Waals surface area contributed by atoms with Crippen LogP contribution in [0.1, 0.15) is 51.9 Å². The molecule has 0 heterocycles. The molecule has 0 amide bonds. The van der Waals surface area contributed by atoms with E-state index in [1.165, 1.54) is 24.8 Å². The van der Waals surface area contributed by atoms with E-state index in [1.54, 1.807) is 0 Å². The molecular formula is C12H18O. The summed E-state index contributed by atoms with van der Waals surface area (Å²) in [6, 6.07) is 0. The normalized spacial score (nSPS) is 30.2. The van der Waals surface area contributed by atoms with Gasteiger partial charge in [0.05, 0.1) is 0 Å². The van der Waals surface area contributed by atoms with Gasteiger partial charge in [-0.1, -0.05) is 30.9 Å². The average molecular weight is 178 g/mol. The molecule has 1 spiro atoms. The van der Waals surface area contributed by atoms with Gasteiger partial charge in [0.2, 0.25) is 0 Å². The summed E-state index contributed by atoms with van der Waals surface area (Å²) in [7, 11) is 0. The largest absolute Gasteiger partial charge is 0.299 e. The number of rotatable bonds is 0. The van der Waals surface area contributed by atoms with Gasteiger partial charge in [-0.2, -0.15) is 0 Å². The van der Waals surface area contributed by atoms with Gasteiger partial charge in [0.1, 0.15) is 5.78 Å². The van der Waals surface area contributed by atoms with Gasteiger partial charge in [0.25, 0.3) is 0 Å². The Morgan fingerprint density at radius 1 is 1.15 bits per heavy atom. The Labute approximate surface area is 80.2 Å². The van der Waals surface area contributed by atoms with E-state index in [9.17, 15) is 4.79 Å². The molecule has 2 aliphatic carbocycles. The number of hydrogen-bond donors (Lipinski definition) is 0. The van der Waals surface area contributed by atoms with E-state index < -0.39 is 0 Å². The third-order valence-corrected chi connectivity index (χ3v) is 3.83. The number of Topliss-reactive ketones (excluding diaryl/α,β-unsaturated/α-hetero) is 1. The molecule has 2 fully saturated rings. The average Bonchev–Trinajstić information content (AvgIpc) is 2.46. The summed E-state index contributed by atoms with van der Waals surface area (Å²) in [6.45, 7) is 2.09. The molecule has 2 aliphatic rings. The number of hydrogen-bond acceptors (Lipinski definition) is 1. The topological polar surface area (TPSA) is 17.1 Å². The molecule has 0 aromatic carbocycles. The molecule has 0 aromatic heterocycles. The number of ketones is 1. The molecule has 13 heavy (non-hydrogen) atoms. The van der Waals surface area contributed by atoms with E-state index in [2.05, 4.69) is 13.0 Å². The van der Waals surface area contributed by atoms with Gasteiger partial charge in [0, 0.05) is 11.8 Å². The molecule has 0 unspecified atom stereocenters. The van der Waals surface area contributed by atoms with Crippen molar-refractivity contribution >= 4 is 5.78 Å². The number of carbonyl (C=O) groups excluding carboxylic acids is 1. The SMILES string of the molecule is C/C=C1/CCC(=O)C12CCCCC2. The van der Waals surface area contributed by atoms with Gasteiger partial charge in [-0.15, -0.1) is 0 Å². The van der Waals surface area contributed by atoms with E-state index in [4.69, 9.17) is 0 Å². The Kier molecular flexibility index (Phi) is 2.27. The molecule has 72 valence electrons. The third kappa shape index (κ3) is 1.25. The van der Waals surface area contributed by atoms with E-state index in [1.807, 2.05) is 0 Å². The van der Waals surface area contributed by atoms with E-state index in [-0.39, 0.29) is 5.41 Å². The summed E-state index contributed by atoms with van der Waals surface area (Å²) < 4.78 is 0. The minimum atomic E-state index is 0.0208. The third-order valence-electron chi connectivity index (χ3n) is 3.83. The highest BCUT2D eigenvalue weighted by atomic mass is 16.1. The molecule has 2 rings (SSSR count). The zero-order valence-corrected chi connectivity index (χ0v) is 8.44. The first-order valence-electron chi connectivity index (χ1n) is 5.48. The van der Waals surface area contributed by atoms with Crippen molar-refractivity contribution in [2.45, 2.75) is 51.9 Å². The Balaban J connectivity index is 2.30. The van der Waals surface area contributed by atoms with Crippen molar-refractivity contribution < 1.29 is 4.79 Å². The predicted molar refractivity (Wildman–Crippen MR) is 53.5 cm³/mol. The monoisotopic (exact) mass is 178 g/mol. The van der Waals surface area contributed by atoms with Gasteiger partial charge >= 0.3 is 0 Å². The maximum atomic E-state index is 11.9. The lowest BCUT2D eigenvalue weighted by Gasteiger charge is -2.33. The second-order valence-corrected chi connectivity index (χ2v) is 4.38. The molecule has 1 heteroatoms. The quantitative estimate of drug-likeness (QED) is 0.520. The van der Waals surface area contributed by atoms with Gasteiger partial charge < -0.3 is 0 Å². The first-order chi connectivity index (χ1) is 6.29. The Hall–Kier alpha value is -0.590. The molecule has 0 atom stereocenters. The molecule has 0 N–H and O–H groups in total. The van der Waals surface area contributed by atoms with E-state index in [0.717, 1.165) is 25.7 Å². The fourth-order valence-corrected chi connectivity index (χ4v) is 3.08. The first kappa shape index (κ1) is 8.98. The molecular weight excluding hydrogens is 160 g/mol. The Bertz CT molecular complexity index is 244. The fraction of sp³-hybridized carbons (Fsp3) is 0.750. The molecule has 0 radical (unpaired) electrons. The van der Waals surface area contributed by atoms with Crippen molar-refractivity contribution in [3.05, 3.63) is 11.6 Å². The Morgan fingerprint density at radius 3 is 2.46 bits per heavy atom. The smallest absolute Gasteiger partial charge is 0.143 e. The lowest BCUT2D eigenvalue weighted by molar-refractivity contribution is -0.125. The van der Waals surface area contributed by atoms with Crippen LogP contribution in [0.5, 0.6) is 0 Å². The highest BCUT2D eigenvalue weighted by Crippen LogP contribution is 2.49.